The van der Waals surface area contributed by atoms with Crippen molar-refractivity contribution in [3.8, 4) is 0 Å². The molecule has 0 aliphatic carbocycles. The number of aryl methyl sites for hydroxylation is 1. The van der Waals surface area contributed by atoms with E-state index in [9.17, 15) is 13.6 Å². The Hall–Kier alpha value is -1.82. The summed E-state index contributed by atoms with van der Waals surface area (Å²) in [5.74, 6) is -1.93. The molecule has 0 spiro atoms. The first-order valence-electron chi connectivity index (χ1n) is 4.97. The van der Waals surface area contributed by atoms with E-state index in [4.69, 9.17) is 0 Å². The monoisotopic (exact) mass is 273 g/mol. The molecule has 18 heavy (non-hydrogen) atoms. The molecule has 0 fully saturated rings. The fourth-order valence-electron chi connectivity index (χ4n) is 1.41. The molecule has 2 rings (SSSR count). The lowest BCUT2D eigenvalue weighted by molar-refractivity contribution is 0.0971. The van der Waals surface area contributed by atoms with E-state index in [1.165, 1.54) is 17.3 Å². The number of rotatable bonds is 4. The van der Waals surface area contributed by atoms with Crippen molar-refractivity contribution < 1.29 is 13.6 Å². The van der Waals surface area contributed by atoms with Crippen molar-refractivity contribution in [1.82, 2.24) is 14.8 Å². The molecule has 7 heteroatoms. The molecular formula is C11H10ClF2N3O. The van der Waals surface area contributed by atoms with Crippen LogP contribution in [0.5, 0.6) is 0 Å². The SMILES string of the molecule is Cl.O=C(CCn1cncn1)c1ccc(F)cc1F. The average molecular weight is 274 g/mol. The standard InChI is InChI=1S/C11H9F2N3O.ClH/c12-8-1-2-9(10(13)5-8)11(17)3-4-16-7-14-6-15-16;/h1-2,5-7H,3-4H2;1H. The number of carbonyl (C=O) groups excluding carboxylic acids is 1. The Kier molecular flexibility index (Phi) is 4.91. The zero-order valence-electron chi connectivity index (χ0n) is 9.22. The smallest absolute Gasteiger partial charge is 0.167 e. The van der Waals surface area contributed by atoms with Crippen molar-refractivity contribution in [2.24, 2.45) is 0 Å². The summed E-state index contributed by atoms with van der Waals surface area (Å²) >= 11 is 0. The number of aromatic nitrogens is 3. The summed E-state index contributed by atoms with van der Waals surface area (Å²) in [4.78, 5) is 15.4. The zero-order chi connectivity index (χ0) is 12.3. The van der Waals surface area contributed by atoms with Crippen molar-refractivity contribution in [2.45, 2.75) is 13.0 Å². The number of carbonyl (C=O) groups is 1. The minimum absolute atomic E-state index is 0. The first-order valence-corrected chi connectivity index (χ1v) is 4.97. The molecule has 1 aromatic heterocycles. The van der Waals surface area contributed by atoms with Gasteiger partial charge in [-0.1, -0.05) is 0 Å². The van der Waals surface area contributed by atoms with E-state index in [0.29, 0.717) is 12.6 Å². The Morgan fingerprint density at radius 1 is 1.33 bits per heavy atom. The predicted molar refractivity (Wildman–Crippen MR) is 62.6 cm³/mol. The number of benzene rings is 1. The summed E-state index contributed by atoms with van der Waals surface area (Å²) in [5.41, 5.74) is -0.105. The molecule has 0 bridgehead atoms. The van der Waals surface area contributed by atoms with E-state index in [1.807, 2.05) is 0 Å². The number of Topliss-reactive ketones (excluding diaryl/α,β-unsaturated/α-hetero) is 1. The van der Waals surface area contributed by atoms with Gasteiger partial charge in [0.2, 0.25) is 0 Å². The third-order valence-electron chi connectivity index (χ3n) is 2.27. The number of nitrogens with zero attached hydrogens (tertiary/aromatic N) is 3. The lowest BCUT2D eigenvalue weighted by atomic mass is 10.1. The maximum absolute atomic E-state index is 13.3. The van der Waals surface area contributed by atoms with Crippen LogP contribution in [0.2, 0.25) is 0 Å². The van der Waals surface area contributed by atoms with Gasteiger partial charge in [0.15, 0.2) is 5.78 Å². The van der Waals surface area contributed by atoms with E-state index >= 15 is 0 Å². The Morgan fingerprint density at radius 2 is 2.11 bits per heavy atom. The molecule has 0 unspecified atom stereocenters. The molecule has 2 aromatic rings. The summed E-state index contributed by atoms with van der Waals surface area (Å²) < 4.78 is 27.4. The van der Waals surface area contributed by atoms with Gasteiger partial charge >= 0.3 is 0 Å². The van der Waals surface area contributed by atoms with Gasteiger partial charge in [0.05, 0.1) is 5.56 Å². The van der Waals surface area contributed by atoms with Gasteiger partial charge in [-0.2, -0.15) is 5.10 Å². The molecule has 4 nitrogen and oxygen atoms in total. The summed E-state index contributed by atoms with van der Waals surface area (Å²) in [6.07, 6.45) is 2.91. The summed E-state index contributed by atoms with van der Waals surface area (Å²) in [6.45, 7) is 0.315. The third-order valence-corrected chi connectivity index (χ3v) is 2.27. The second-order valence-corrected chi connectivity index (χ2v) is 3.46. The van der Waals surface area contributed by atoms with Gasteiger partial charge in [0.1, 0.15) is 24.3 Å². The topological polar surface area (TPSA) is 47.8 Å². The number of hydrogen-bond donors (Lipinski definition) is 0. The fourth-order valence-corrected chi connectivity index (χ4v) is 1.41. The normalized spacial score (nSPS) is 9.89. The highest BCUT2D eigenvalue weighted by atomic mass is 35.5. The second kappa shape index (κ2) is 6.20. The van der Waals surface area contributed by atoms with Gasteiger partial charge in [-0.15, -0.1) is 12.4 Å². The van der Waals surface area contributed by atoms with E-state index in [-0.39, 0.29) is 24.4 Å². The van der Waals surface area contributed by atoms with E-state index in [0.717, 1.165) is 12.1 Å². The van der Waals surface area contributed by atoms with Gasteiger partial charge in [0.25, 0.3) is 0 Å². The molecule has 0 radical (unpaired) electrons. The van der Waals surface area contributed by atoms with Crippen LogP contribution in [0.1, 0.15) is 16.8 Å². The van der Waals surface area contributed by atoms with Crippen molar-refractivity contribution in [2.75, 3.05) is 0 Å². The van der Waals surface area contributed by atoms with Crippen molar-refractivity contribution in [3.05, 3.63) is 48.1 Å². The van der Waals surface area contributed by atoms with E-state index in [1.54, 1.807) is 0 Å². The van der Waals surface area contributed by atoms with Crippen LogP contribution in [-0.4, -0.2) is 20.5 Å². The Bertz CT molecular complexity index is 531. The highest BCUT2D eigenvalue weighted by Crippen LogP contribution is 2.12. The Balaban J connectivity index is 0.00000162. The highest BCUT2D eigenvalue weighted by Gasteiger charge is 2.12. The predicted octanol–water partition coefficient (Wildman–Crippen LogP) is 2.25. The summed E-state index contributed by atoms with van der Waals surface area (Å²) in [5, 5.41) is 3.82. The van der Waals surface area contributed by atoms with Gasteiger partial charge in [-0.05, 0) is 12.1 Å². The molecule has 0 N–H and O–H groups in total. The summed E-state index contributed by atoms with van der Waals surface area (Å²) in [6, 6.07) is 2.91. The molecule has 96 valence electrons. The van der Waals surface area contributed by atoms with Gasteiger partial charge in [-0.3, -0.25) is 9.48 Å². The first kappa shape index (κ1) is 14.2. The van der Waals surface area contributed by atoms with Crippen LogP contribution in [0.3, 0.4) is 0 Å². The molecule has 1 heterocycles. The fraction of sp³-hybridized carbons (Fsp3) is 0.182. The molecule has 0 atom stereocenters. The van der Waals surface area contributed by atoms with E-state index < -0.39 is 17.4 Å². The lowest BCUT2D eigenvalue weighted by Crippen LogP contribution is -2.08. The van der Waals surface area contributed by atoms with Crippen molar-refractivity contribution in [3.63, 3.8) is 0 Å². The van der Waals surface area contributed by atoms with Crippen LogP contribution >= 0.6 is 12.4 Å². The quantitative estimate of drug-likeness (QED) is 0.803. The van der Waals surface area contributed by atoms with Crippen LogP contribution in [0, 0.1) is 11.6 Å². The molecule has 1 aromatic carbocycles. The molecule has 0 saturated carbocycles. The Labute approximate surface area is 108 Å². The number of hydrogen-bond acceptors (Lipinski definition) is 3. The van der Waals surface area contributed by atoms with Crippen LogP contribution in [0.25, 0.3) is 0 Å². The maximum Gasteiger partial charge on any atom is 0.167 e. The highest BCUT2D eigenvalue weighted by molar-refractivity contribution is 5.96. The molecular weight excluding hydrogens is 264 g/mol. The first-order chi connectivity index (χ1) is 8.16. The third kappa shape index (κ3) is 3.33. The number of halogens is 3. The maximum atomic E-state index is 13.3. The zero-order valence-corrected chi connectivity index (χ0v) is 10.0. The van der Waals surface area contributed by atoms with Gasteiger partial charge < -0.3 is 0 Å². The summed E-state index contributed by atoms with van der Waals surface area (Å²) in [7, 11) is 0. The lowest BCUT2D eigenvalue weighted by Gasteiger charge is -2.02. The van der Waals surface area contributed by atoms with Gasteiger partial charge in [-0.25, -0.2) is 13.8 Å². The molecule has 0 amide bonds. The molecule has 0 aliphatic heterocycles. The van der Waals surface area contributed by atoms with Gasteiger partial charge in [0, 0.05) is 19.0 Å². The van der Waals surface area contributed by atoms with Crippen LogP contribution in [-0.2, 0) is 6.54 Å². The second-order valence-electron chi connectivity index (χ2n) is 3.46. The van der Waals surface area contributed by atoms with E-state index in [2.05, 4.69) is 10.1 Å². The minimum atomic E-state index is -0.839. The average Bonchev–Trinajstić information content (AvgIpc) is 2.78. The largest absolute Gasteiger partial charge is 0.294 e. The molecule has 0 aliphatic rings. The Morgan fingerprint density at radius 3 is 2.72 bits per heavy atom. The van der Waals surface area contributed by atoms with Crippen LogP contribution < -0.4 is 0 Å². The van der Waals surface area contributed by atoms with Crippen molar-refractivity contribution >= 4 is 18.2 Å². The molecule has 0 saturated heterocycles. The van der Waals surface area contributed by atoms with Crippen LogP contribution in [0.4, 0.5) is 8.78 Å². The number of ketones is 1. The van der Waals surface area contributed by atoms with Crippen LogP contribution in [0.15, 0.2) is 30.9 Å². The van der Waals surface area contributed by atoms with Crippen molar-refractivity contribution in [1.29, 1.82) is 0 Å². The minimum Gasteiger partial charge on any atom is -0.294 e.